The largest absolute Gasteiger partial charge is 0.465 e. The number of esters is 1. The highest BCUT2D eigenvalue weighted by molar-refractivity contribution is 6.10. The van der Waals surface area contributed by atoms with Crippen molar-refractivity contribution in [1.82, 2.24) is 9.88 Å². The number of aryl methyl sites for hydroxylation is 1. The highest BCUT2D eigenvalue weighted by Crippen LogP contribution is 2.36. The summed E-state index contributed by atoms with van der Waals surface area (Å²) in [7, 11) is 3.03. The van der Waals surface area contributed by atoms with Crippen molar-refractivity contribution in [3.63, 3.8) is 0 Å². The number of anilines is 2. The highest BCUT2D eigenvalue weighted by Gasteiger charge is 2.31. The molecule has 0 radical (unpaired) electrons. The third-order valence-corrected chi connectivity index (χ3v) is 6.23. The standard InChI is InChI=1S/C28H26F3N3O3/c1-27(2,18-14-12-17(13-15-18)26(36)37-4)33-25(35)24-23(21-10-5-6-11-22(21)34(24)3)32-20-9-7-8-19(16-20)28(29,30)31/h5-16,32H,1-4H3,(H,33,35). The number of nitrogens with zero attached hydrogens (tertiary/aromatic N) is 1. The zero-order valence-corrected chi connectivity index (χ0v) is 20.7. The number of hydrogen-bond donors (Lipinski definition) is 2. The summed E-state index contributed by atoms with van der Waals surface area (Å²) in [6.07, 6.45) is -4.50. The molecule has 0 spiro atoms. The first-order valence-corrected chi connectivity index (χ1v) is 11.5. The Morgan fingerprint density at radius 2 is 1.57 bits per heavy atom. The van der Waals surface area contributed by atoms with Crippen LogP contribution >= 0.6 is 0 Å². The normalized spacial score (nSPS) is 11.9. The van der Waals surface area contributed by atoms with E-state index in [1.807, 2.05) is 26.0 Å². The summed E-state index contributed by atoms with van der Waals surface area (Å²) in [5, 5.41) is 6.76. The average Bonchev–Trinajstić information content (AvgIpc) is 3.14. The molecule has 0 saturated carbocycles. The van der Waals surface area contributed by atoms with Crippen molar-refractivity contribution in [3.05, 3.63) is 95.2 Å². The van der Waals surface area contributed by atoms with Crippen molar-refractivity contribution >= 4 is 34.2 Å². The molecule has 4 aromatic rings. The molecule has 0 atom stereocenters. The summed E-state index contributed by atoms with van der Waals surface area (Å²) in [6.45, 7) is 3.64. The number of fused-ring (bicyclic) bond motifs is 1. The van der Waals surface area contributed by atoms with E-state index in [-0.39, 0.29) is 11.4 Å². The Labute approximate surface area is 212 Å². The van der Waals surface area contributed by atoms with Crippen LogP contribution in [0.4, 0.5) is 24.5 Å². The highest BCUT2D eigenvalue weighted by atomic mass is 19.4. The maximum atomic E-state index is 13.7. The van der Waals surface area contributed by atoms with E-state index in [0.29, 0.717) is 16.6 Å². The van der Waals surface area contributed by atoms with Crippen LogP contribution in [-0.4, -0.2) is 23.6 Å². The average molecular weight is 510 g/mol. The summed E-state index contributed by atoms with van der Waals surface area (Å²) in [5.74, 6) is -0.885. The number of alkyl halides is 3. The summed E-state index contributed by atoms with van der Waals surface area (Å²) >= 11 is 0. The quantitative estimate of drug-likeness (QED) is 0.296. The summed E-state index contributed by atoms with van der Waals surface area (Å²) in [4.78, 5) is 25.4. The summed E-state index contributed by atoms with van der Waals surface area (Å²) < 4.78 is 46.3. The van der Waals surface area contributed by atoms with Crippen molar-refractivity contribution in [1.29, 1.82) is 0 Å². The molecule has 9 heteroatoms. The number of rotatable bonds is 6. The van der Waals surface area contributed by atoms with Gasteiger partial charge < -0.3 is 19.9 Å². The lowest BCUT2D eigenvalue weighted by Gasteiger charge is -2.27. The monoisotopic (exact) mass is 509 g/mol. The summed E-state index contributed by atoms with van der Waals surface area (Å²) in [6, 6.07) is 18.8. The fourth-order valence-electron chi connectivity index (χ4n) is 4.26. The van der Waals surface area contributed by atoms with Gasteiger partial charge in [-0.2, -0.15) is 13.2 Å². The lowest BCUT2D eigenvalue weighted by Crippen LogP contribution is -2.41. The lowest BCUT2D eigenvalue weighted by atomic mass is 9.93. The first kappa shape index (κ1) is 25.8. The van der Waals surface area contributed by atoms with E-state index in [1.165, 1.54) is 19.2 Å². The molecule has 0 fully saturated rings. The van der Waals surface area contributed by atoms with Crippen LogP contribution in [0.5, 0.6) is 0 Å². The van der Waals surface area contributed by atoms with Gasteiger partial charge in [0.15, 0.2) is 0 Å². The number of ether oxygens (including phenoxy) is 1. The van der Waals surface area contributed by atoms with Gasteiger partial charge in [0.1, 0.15) is 5.69 Å². The number of hydrogen-bond acceptors (Lipinski definition) is 4. The van der Waals surface area contributed by atoms with E-state index >= 15 is 0 Å². The molecule has 192 valence electrons. The van der Waals surface area contributed by atoms with Gasteiger partial charge in [0, 0.05) is 18.1 Å². The fourth-order valence-corrected chi connectivity index (χ4v) is 4.26. The minimum Gasteiger partial charge on any atom is -0.465 e. The van der Waals surface area contributed by atoms with Crippen molar-refractivity contribution in [3.8, 4) is 0 Å². The van der Waals surface area contributed by atoms with Crippen LogP contribution in [0.2, 0.25) is 0 Å². The zero-order valence-electron chi connectivity index (χ0n) is 20.7. The molecule has 1 heterocycles. The molecule has 1 aromatic heterocycles. The molecule has 4 rings (SSSR count). The third-order valence-electron chi connectivity index (χ3n) is 6.23. The minimum atomic E-state index is -4.50. The summed E-state index contributed by atoms with van der Waals surface area (Å²) in [5.41, 5.74) is 1.11. The van der Waals surface area contributed by atoms with Crippen molar-refractivity contribution in [2.24, 2.45) is 7.05 Å². The Morgan fingerprint density at radius 3 is 2.22 bits per heavy atom. The van der Waals surface area contributed by atoms with Crippen LogP contribution < -0.4 is 10.6 Å². The van der Waals surface area contributed by atoms with Gasteiger partial charge in [-0.05, 0) is 55.8 Å². The third kappa shape index (κ3) is 5.16. The molecule has 6 nitrogen and oxygen atoms in total. The van der Waals surface area contributed by atoms with Crippen molar-refractivity contribution in [2.45, 2.75) is 25.6 Å². The second-order valence-corrected chi connectivity index (χ2v) is 9.15. The number of para-hydroxylation sites is 1. The van der Waals surface area contributed by atoms with Gasteiger partial charge in [0.2, 0.25) is 0 Å². The molecule has 2 N–H and O–H groups in total. The first-order chi connectivity index (χ1) is 17.4. The van der Waals surface area contributed by atoms with Crippen molar-refractivity contribution in [2.75, 3.05) is 12.4 Å². The second kappa shape index (κ2) is 9.65. The Hall–Kier alpha value is -4.27. The van der Waals surface area contributed by atoms with Crippen LogP contribution in [0.3, 0.4) is 0 Å². The molecule has 0 aliphatic heterocycles. The van der Waals surface area contributed by atoms with Gasteiger partial charge in [-0.15, -0.1) is 0 Å². The second-order valence-electron chi connectivity index (χ2n) is 9.15. The Bertz CT molecular complexity index is 1470. The van der Waals surface area contributed by atoms with Crippen LogP contribution in [0.1, 0.15) is 45.8 Å². The van der Waals surface area contributed by atoms with Gasteiger partial charge >= 0.3 is 12.1 Å². The maximum absolute atomic E-state index is 13.7. The number of amides is 1. The predicted molar refractivity (Wildman–Crippen MR) is 136 cm³/mol. The minimum absolute atomic E-state index is 0.206. The Kier molecular flexibility index (Phi) is 6.73. The SMILES string of the molecule is COC(=O)c1ccc(C(C)(C)NC(=O)c2c(Nc3cccc(C(F)(F)F)c3)c3ccccc3n2C)cc1. The molecular weight excluding hydrogens is 483 g/mol. The first-order valence-electron chi connectivity index (χ1n) is 11.5. The van der Waals surface area contributed by atoms with Gasteiger partial charge in [-0.25, -0.2) is 4.79 Å². The number of benzene rings is 3. The number of nitrogens with one attached hydrogen (secondary N) is 2. The number of aromatic nitrogens is 1. The van der Waals surface area contributed by atoms with Crippen LogP contribution in [-0.2, 0) is 23.5 Å². The van der Waals surface area contributed by atoms with Crippen LogP contribution in [0.15, 0.2) is 72.8 Å². The zero-order chi connectivity index (χ0) is 27.0. The van der Waals surface area contributed by atoms with E-state index in [1.54, 1.807) is 48.0 Å². The molecular formula is C28H26F3N3O3. The smallest absolute Gasteiger partial charge is 0.416 e. The van der Waals surface area contributed by atoms with Crippen LogP contribution in [0.25, 0.3) is 10.9 Å². The Morgan fingerprint density at radius 1 is 0.892 bits per heavy atom. The van der Waals surface area contributed by atoms with Crippen molar-refractivity contribution < 1.29 is 27.5 Å². The van der Waals surface area contributed by atoms with Crippen LogP contribution in [0, 0.1) is 0 Å². The van der Waals surface area contributed by atoms with E-state index in [0.717, 1.165) is 23.2 Å². The van der Waals surface area contributed by atoms with Gasteiger partial charge in [0.05, 0.1) is 35.0 Å². The van der Waals surface area contributed by atoms with E-state index in [4.69, 9.17) is 4.74 Å². The van der Waals surface area contributed by atoms with Gasteiger partial charge in [0.25, 0.3) is 5.91 Å². The molecule has 0 saturated heterocycles. The fraction of sp³-hybridized carbons (Fsp3) is 0.214. The number of methoxy groups -OCH3 is 1. The number of halogens is 3. The number of carbonyl (C=O) groups excluding carboxylic acids is 2. The molecule has 3 aromatic carbocycles. The van der Waals surface area contributed by atoms with E-state index in [2.05, 4.69) is 10.6 Å². The van der Waals surface area contributed by atoms with Gasteiger partial charge in [-0.3, -0.25) is 4.79 Å². The maximum Gasteiger partial charge on any atom is 0.416 e. The molecule has 1 amide bonds. The molecule has 0 unspecified atom stereocenters. The van der Waals surface area contributed by atoms with E-state index < -0.39 is 29.2 Å². The van der Waals surface area contributed by atoms with E-state index in [9.17, 15) is 22.8 Å². The Balaban J connectivity index is 1.71. The van der Waals surface area contributed by atoms with Gasteiger partial charge in [-0.1, -0.05) is 36.4 Å². The molecule has 0 aliphatic carbocycles. The lowest BCUT2D eigenvalue weighted by molar-refractivity contribution is -0.137. The molecule has 0 aliphatic rings. The molecule has 0 bridgehead atoms. The molecule has 37 heavy (non-hydrogen) atoms. The number of carbonyl (C=O) groups is 2. The predicted octanol–water partition coefficient (Wildman–Crippen LogP) is 6.39. The topological polar surface area (TPSA) is 72.4 Å².